The molecule has 0 radical (unpaired) electrons. The predicted molar refractivity (Wildman–Crippen MR) is 93.1 cm³/mol. The third kappa shape index (κ3) is 3.75. The van der Waals surface area contributed by atoms with Crippen molar-refractivity contribution in [3.8, 4) is 0 Å². The van der Waals surface area contributed by atoms with E-state index in [0.717, 1.165) is 44.0 Å². The van der Waals surface area contributed by atoms with Gasteiger partial charge in [-0.2, -0.15) is 0 Å². The Morgan fingerprint density at radius 1 is 1.16 bits per heavy atom. The molecule has 2 aliphatic rings. The number of rotatable bonds is 4. The van der Waals surface area contributed by atoms with E-state index in [1.165, 1.54) is 32.1 Å². The van der Waals surface area contributed by atoms with E-state index < -0.39 is 0 Å². The third-order valence-electron chi connectivity index (χ3n) is 5.63. The monoisotopic (exact) mass is 342 g/mol. The lowest BCUT2D eigenvalue weighted by Crippen LogP contribution is -2.39. The normalized spacial score (nSPS) is 20.1. The Morgan fingerprint density at radius 3 is 2.68 bits per heavy atom. The van der Waals surface area contributed by atoms with Crippen LogP contribution in [0.25, 0.3) is 0 Å². The summed E-state index contributed by atoms with van der Waals surface area (Å²) < 4.78 is 2.02. The second kappa shape index (κ2) is 7.37. The molecular weight excluding hydrogens is 316 g/mol. The molecule has 25 heavy (non-hydrogen) atoms. The highest BCUT2D eigenvalue weighted by Gasteiger charge is 2.26. The van der Waals surface area contributed by atoms with Gasteiger partial charge in [-0.15, -0.1) is 5.10 Å². The standard InChI is InChI=1S/C18H26N6O/c25-18(17-11-19-13-20-17)23-8-6-16(7-9-23)24-12-15(21-22-24)10-14-4-2-1-3-5-14/h11-14,16H,1-10H2,(H,19,20). The van der Waals surface area contributed by atoms with Crippen LogP contribution in [-0.2, 0) is 6.42 Å². The Hall–Kier alpha value is -2.18. The van der Waals surface area contributed by atoms with Crippen LogP contribution in [0.2, 0.25) is 0 Å². The molecule has 7 heteroatoms. The van der Waals surface area contributed by atoms with Crippen LogP contribution in [0.5, 0.6) is 0 Å². The van der Waals surface area contributed by atoms with Crippen molar-refractivity contribution < 1.29 is 4.79 Å². The maximum atomic E-state index is 12.3. The van der Waals surface area contributed by atoms with Gasteiger partial charge in [-0.25, -0.2) is 9.67 Å². The van der Waals surface area contributed by atoms with Gasteiger partial charge >= 0.3 is 0 Å². The fourth-order valence-electron chi connectivity index (χ4n) is 4.15. The molecule has 2 aromatic heterocycles. The van der Waals surface area contributed by atoms with Crippen LogP contribution in [0, 0.1) is 5.92 Å². The van der Waals surface area contributed by atoms with E-state index in [-0.39, 0.29) is 5.91 Å². The average molecular weight is 342 g/mol. The maximum Gasteiger partial charge on any atom is 0.271 e. The van der Waals surface area contributed by atoms with Gasteiger partial charge < -0.3 is 9.88 Å². The summed E-state index contributed by atoms with van der Waals surface area (Å²) in [5.74, 6) is 0.820. The Kier molecular flexibility index (Phi) is 4.81. The lowest BCUT2D eigenvalue weighted by atomic mass is 9.86. The number of hydrogen-bond donors (Lipinski definition) is 1. The van der Waals surface area contributed by atoms with Gasteiger partial charge in [-0.05, 0) is 25.2 Å². The molecule has 1 saturated carbocycles. The second-order valence-corrected chi connectivity index (χ2v) is 7.39. The summed E-state index contributed by atoms with van der Waals surface area (Å²) in [5, 5.41) is 8.77. The van der Waals surface area contributed by atoms with Crippen LogP contribution >= 0.6 is 0 Å². The van der Waals surface area contributed by atoms with E-state index in [4.69, 9.17) is 0 Å². The van der Waals surface area contributed by atoms with Crippen molar-refractivity contribution in [2.45, 2.75) is 57.4 Å². The summed E-state index contributed by atoms with van der Waals surface area (Å²) in [5.41, 5.74) is 1.69. The fourth-order valence-corrected chi connectivity index (χ4v) is 4.15. The first-order valence-corrected chi connectivity index (χ1v) is 9.48. The van der Waals surface area contributed by atoms with Crippen molar-refractivity contribution in [1.29, 1.82) is 0 Å². The number of amides is 1. The molecule has 2 fully saturated rings. The molecule has 1 aliphatic carbocycles. The zero-order valence-electron chi connectivity index (χ0n) is 14.6. The van der Waals surface area contributed by atoms with E-state index in [0.29, 0.717) is 11.7 Å². The van der Waals surface area contributed by atoms with Gasteiger partial charge in [0.15, 0.2) is 0 Å². The predicted octanol–water partition coefficient (Wildman–Crippen LogP) is 2.60. The number of aromatic amines is 1. The lowest BCUT2D eigenvalue weighted by molar-refractivity contribution is 0.0684. The molecule has 0 spiro atoms. The summed E-state index contributed by atoms with van der Waals surface area (Å²) in [7, 11) is 0. The number of piperidine rings is 1. The number of imidazole rings is 1. The van der Waals surface area contributed by atoms with Crippen molar-refractivity contribution in [3.05, 3.63) is 30.1 Å². The number of hydrogen-bond acceptors (Lipinski definition) is 4. The highest BCUT2D eigenvalue weighted by molar-refractivity contribution is 5.92. The molecule has 3 heterocycles. The van der Waals surface area contributed by atoms with Crippen LogP contribution < -0.4 is 0 Å². The Bertz CT molecular complexity index is 680. The number of H-pyrrole nitrogens is 1. The molecule has 1 N–H and O–H groups in total. The smallest absolute Gasteiger partial charge is 0.271 e. The first-order chi connectivity index (χ1) is 12.3. The molecule has 0 aromatic carbocycles. The summed E-state index contributed by atoms with van der Waals surface area (Å²) in [6.45, 7) is 1.50. The summed E-state index contributed by atoms with van der Waals surface area (Å²) in [6.07, 6.45) is 15.0. The maximum absolute atomic E-state index is 12.3. The molecule has 134 valence electrons. The Labute approximate surface area is 147 Å². The van der Waals surface area contributed by atoms with Crippen LogP contribution in [0.3, 0.4) is 0 Å². The van der Waals surface area contributed by atoms with Gasteiger partial charge in [0.25, 0.3) is 5.91 Å². The number of nitrogens with one attached hydrogen (secondary N) is 1. The number of nitrogens with zero attached hydrogens (tertiary/aromatic N) is 5. The van der Waals surface area contributed by atoms with Crippen molar-refractivity contribution in [3.63, 3.8) is 0 Å². The van der Waals surface area contributed by atoms with Crippen molar-refractivity contribution in [2.24, 2.45) is 5.92 Å². The SMILES string of the molecule is O=C(c1cnc[nH]1)N1CCC(n2cc(CC3CCCCC3)nn2)CC1. The minimum Gasteiger partial charge on any atom is -0.341 e. The van der Waals surface area contributed by atoms with E-state index >= 15 is 0 Å². The topological polar surface area (TPSA) is 79.7 Å². The zero-order valence-corrected chi connectivity index (χ0v) is 14.6. The minimum absolute atomic E-state index is 0.0347. The third-order valence-corrected chi connectivity index (χ3v) is 5.63. The van der Waals surface area contributed by atoms with Gasteiger partial charge in [0.05, 0.1) is 24.3 Å². The summed E-state index contributed by atoms with van der Waals surface area (Å²) in [6, 6.07) is 0.346. The molecule has 1 saturated heterocycles. The molecule has 0 bridgehead atoms. The van der Waals surface area contributed by atoms with E-state index in [1.807, 2.05) is 9.58 Å². The first kappa shape index (κ1) is 16.3. The van der Waals surface area contributed by atoms with Gasteiger partial charge in [-0.1, -0.05) is 37.3 Å². The first-order valence-electron chi connectivity index (χ1n) is 9.48. The molecule has 2 aromatic rings. The van der Waals surface area contributed by atoms with Crippen LogP contribution in [-0.4, -0.2) is 48.9 Å². The number of carbonyl (C=O) groups excluding carboxylic acids is 1. The average Bonchev–Trinajstić information content (AvgIpc) is 3.34. The Balaban J connectivity index is 1.31. The highest BCUT2D eigenvalue weighted by Crippen LogP contribution is 2.27. The number of aromatic nitrogens is 5. The van der Waals surface area contributed by atoms with Gasteiger partial charge in [-0.3, -0.25) is 4.79 Å². The molecule has 7 nitrogen and oxygen atoms in total. The highest BCUT2D eigenvalue weighted by atomic mass is 16.2. The van der Waals surface area contributed by atoms with E-state index in [1.54, 1.807) is 12.5 Å². The van der Waals surface area contributed by atoms with E-state index in [2.05, 4.69) is 26.5 Å². The molecule has 4 rings (SSSR count). The van der Waals surface area contributed by atoms with Crippen molar-refractivity contribution in [1.82, 2.24) is 29.9 Å². The van der Waals surface area contributed by atoms with Crippen molar-refractivity contribution in [2.75, 3.05) is 13.1 Å². The molecule has 0 atom stereocenters. The molecule has 1 aliphatic heterocycles. The molecule has 1 amide bonds. The second-order valence-electron chi connectivity index (χ2n) is 7.39. The van der Waals surface area contributed by atoms with E-state index in [9.17, 15) is 4.79 Å². The zero-order chi connectivity index (χ0) is 17.1. The number of likely N-dealkylation sites (tertiary alicyclic amines) is 1. The number of carbonyl (C=O) groups is 1. The summed E-state index contributed by atoms with van der Waals surface area (Å²) in [4.78, 5) is 21.1. The largest absolute Gasteiger partial charge is 0.341 e. The lowest BCUT2D eigenvalue weighted by Gasteiger charge is -2.31. The van der Waals surface area contributed by atoms with Gasteiger partial charge in [0.2, 0.25) is 0 Å². The van der Waals surface area contributed by atoms with Crippen LogP contribution in [0.4, 0.5) is 0 Å². The van der Waals surface area contributed by atoms with Crippen LogP contribution in [0.1, 0.15) is 67.2 Å². The summed E-state index contributed by atoms with van der Waals surface area (Å²) >= 11 is 0. The van der Waals surface area contributed by atoms with Gasteiger partial charge in [0, 0.05) is 19.3 Å². The Morgan fingerprint density at radius 2 is 1.96 bits per heavy atom. The van der Waals surface area contributed by atoms with Crippen LogP contribution in [0.15, 0.2) is 18.7 Å². The van der Waals surface area contributed by atoms with Gasteiger partial charge in [0.1, 0.15) is 5.69 Å². The molecule has 0 unspecified atom stereocenters. The minimum atomic E-state index is 0.0347. The quantitative estimate of drug-likeness (QED) is 0.926. The fraction of sp³-hybridized carbons (Fsp3) is 0.667. The van der Waals surface area contributed by atoms with Crippen molar-refractivity contribution >= 4 is 5.91 Å². The molecular formula is C18H26N6O.